The third kappa shape index (κ3) is 6.01. The maximum atomic E-state index is 12.4. The molecular formula is C19H25ClF3N3O. The number of nitrogens with one attached hydrogen (secondary N) is 1. The van der Waals surface area contributed by atoms with Crippen molar-refractivity contribution in [2.24, 2.45) is 11.8 Å². The Hall–Kier alpha value is -1.47. The molecule has 0 bridgehead atoms. The van der Waals surface area contributed by atoms with Crippen LogP contribution in [0.2, 0.25) is 5.02 Å². The second-order valence-electron chi connectivity index (χ2n) is 7.49. The molecule has 2 saturated heterocycles. The van der Waals surface area contributed by atoms with Crippen molar-refractivity contribution in [1.29, 1.82) is 0 Å². The maximum Gasteiger partial charge on any atom is 0.401 e. The molecule has 0 spiro atoms. The highest BCUT2D eigenvalue weighted by atomic mass is 35.5. The summed E-state index contributed by atoms with van der Waals surface area (Å²) in [6.07, 6.45) is -2.19. The smallest absolute Gasteiger partial charge is 0.371 e. The molecule has 2 aliphatic rings. The summed E-state index contributed by atoms with van der Waals surface area (Å²) in [5, 5.41) is 3.72. The minimum atomic E-state index is -4.17. The number of hydrogen-bond acceptors (Lipinski definition) is 3. The highest BCUT2D eigenvalue weighted by Gasteiger charge is 2.34. The van der Waals surface area contributed by atoms with E-state index in [0.29, 0.717) is 43.4 Å². The topological polar surface area (TPSA) is 35.6 Å². The van der Waals surface area contributed by atoms with E-state index in [2.05, 4.69) is 10.2 Å². The normalized spacial score (nSPS) is 22.2. The number of benzene rings is 1. The van der Waals surface area contributed by atoms with Gasteiger partial charge in [0.2, 0.25) is 5.91 Å². The zero-order valence-electron chi connectivity index (χ0n) is 15.1. The van der Waals surface area contributed by atoms with Gasteiger partial charge in [-0.3, -0.25) is 9.69 Å². The van der Waals surface area contributed by atoms with E-state index in [0.717, 1.165) is 25.2 Å². The monoisotopic (exact) mass is 403 g/mol. The molecule has 4 nitrogen and oxygen atoms in total. The Labute approximate surface area is 162 Å². The van der Waals surface area contributed by atoms with Crippen molar-refractivity contribution in [3.05, 3.63) is 29.3 Å². The number of amides is 1. The highest BCUT2D eigenvalue weighted by Crippen LogP contribution is 2.26. The number of nitrogens with zero attached hydrogens (tertiary/aromatic N) is 2. The molecule has 3 rings (SSSR count). The molecule has 0 unspecified atom stereocenters. The third-order valence-electron chi connectivity index (χ3n) is 5.40. The van der Waals surface area contributed by atoms with Crippen molar-refractivity contribution in [1.82, 2.24) is 10.2 Å². The predicted octanol–water partition coefficient (Wildman–Crippen LogP) is 3.56. The largest absolute Gasteiger partial charge is 0.401 e. The quantitative estimate of drug-likeness (QED) is 0.816. The van der Waals surface area contributed by atoms with Gasteiger partial charge in [-0.25, -0.2) is 0 Å². The number of hydrogen-bond donors (Lipinski definition) is 1. The summed E-state index contributed by atoms with van der Waals surface area (Å²) in [6, 6.07) is 7.74. The van der Waals surface area contributed by atoms with Crippen LogP contribution in [0.15, 0.2) is 24.3 Å². The summed E-state index contributed by atoms with van der Waals surface area (Å²) in [5.74, 6) is 0.185. The van der Waals surface area contributed by atoms with E-state index in [4.69, 9.17) is 11.6 Å². The van der Waals surface area contributed by atoms with Gasteiger partial charge in [0.1, 0.15) is 0 Å². The van der Waals surface area contributed by atoms with Crippen molar-refractivity contribution in [3.8, 4) is 0 Å². The van der Waals surface area contributed by atoms with Crippen LogP contribution in [0, 0.1) is 11.8 Å². The maximum absolute atomic E-state index is 12.4. The summed E-state index contributed by atoms with van der Waals surface area (Å²) < 4.78 is 37.3. The molecule has 0 radical (unpaired) electrons. The fourth-order valence-electron chi connectivity index (χ4n) is 3.88. The number of piperidine rings is 1. The summed E-state index contributed by atoms with van der Waals surface area (Å²) in [4.78, 5) is 16.0. The Morgan fingerprint density at radius 2 is 1.78 bits per heavy atom. The van der Waals surface area contributed by atoms with Crippen LogP contribution in [-0.4, -0.2) is 56.3 Å². The number of rotatable bonds is 5. The minimum absolute atomic E-state index is 0.0217. The number of carbonyl (C=O) groups excluding carboxylic acids is 1. The number of alkyl halides is 3. The van der Waals surface area contributed by atoms with Gasteiger partial charge in [-0.2, -0.15) is 13.2 Å². The lowest BCUT2D eigenvalue weighted by Gasteiger charge is -2.31. The average Bonchev–Trinajstić information content (AvgIpc) is 3.08. The zero-order chi connectivity index (χ0) is 19.4. The van der Waals surface area contributed by atoms with Crippen LogP contribution in [0.25, 0.3) is 0 Å². The fraction of sp³-hybridized carbons (Fsp3) is 0.632. The molecule has 2 heterocycles. The molecule has 1 aromatic carbocycles. The molecule has 2 aliphatic heterocycles. The predicted molar refractivity (Wildman–Crippen MR) is 100 cm³/mol. The van der Waals surface area contributed by atoms with Gasteiger partial charge in [0.25, 0.3) is 0 Å². The Balaban J connectivity index is 1.38. The minimum Gasteiger partial charge on any atom is -0.371 e. The van der Waals surface area contributed by atoms with Crippen LogP contribution < -0.4 is 10.2 Å². The van der Waals surface area contributed by atoms with Crippen LogP contribution in [0.5, 0.6) is 0 Å². The summed E-state index contributed by atoms with van der Waals surface area (Å²) in [7, 11) is 0. The highest BCUT2D eigenvalue weighted by molar-refractivity contribution is 6.30. The van der Waals surface area contributed by atoms with Gasteiger partial charge in [-0.05, 0) is 62.5 Å². The Bertz CT molecular complexity index is 630. The molecule has 2 fully saturated rings. The Morgan fingerprint density at radius 1 is 1.11 bits per heavy atom. The molecule has 150 valence electrons. The second-order valence-corrected chi connectivity index (χ2v) is 7.92. The molecule has 0 aliphatic carbocycles. The Morgan fingerprint density at radius 3 is 2.41 bits per heavy atom. The number of carbonyl (C=O) groups is 1. The summed E-state index contributed by atoms with van der Waals surface area (Å²) in [5.41, 5.74) is 1.13. The van der Waals surface area contributed by atoms with Crippen molar-refractivity contribution in [2.75, 3.05) is 44.2 Å². The molecule has 1 aromatic rings. The SMILES string of the molecule is O=C(NC[C@H]1CCN(c2ccc(Cl)cc2)C1)C1CCN(CC(F)(F)F)CC1. The lowest BCUT2D eigenvalue weighted by Crippen LogP contribution is -2.44. The van der Waals surface area contributed by atoms with Crippen LogP contribution in [-0.2, 0) is 4.79 Å². The molecule has 1 atom stereocenters. The van der Waals surface area contributed by atoms with E-state index < -0.39 is 12.7 Å². The average molecular weight is 404 g/mol. The number of anilines is 1. The molecule has 8 heteroatoms. The standard InChI is InChI=1S/C19H25ClF3N3O/c20-16-1-3-17(4-2-16)26-10-5-14(12-26)11-24-18(27)15-6-8-25(9-7-15)13-19(21,22)23/h1-4,14-15H,5-13H2,(H,24,27)/t14-/m1/s1. The molecule has 0 aromatic heterocycles. The first-order chi connectivity index (χ1) is 12.8. The van der Waals surface area contributed by atoms with E-state index in [1.54, 1.807) is 0 Å². The second kappa shape index (κ2) is 8.69. The van der Waals surface area contributed by atoms with E-state index in [1.807, 2.05) is 24.3 Å². The lowest BCUT2D eigenvalue weighted by atomic mass is 9.95. The van der Waals surface area contributed by atoms with Gasteiger partial charge in [-0.1, -0.05) is 11.6 Å². The van der Waals surface area contributed by atoms with Crippen LogP contribution in [0.3, 0.4) is 0 Å². The molecule has 0 saturated carbocycles. The molecular weight excluding hydrogens is 379 g/mol. The van der Waals surface area contributed by atoms with E-state index in [-0.39, 0.29) is 11.8 Å². The van der Waals surface area contributed by atoms with E-state index in [1.165, 1.54) is 4.90 Å². The van der Waals surface area contributed by atoms with Gasteiger partial charge < -0.3 is 10.2 Å². The van der Waals surface area contributed by atoms with Crippen molar-refractivity contribution < 1.29 is 18.0 Å². The molecule has 27 heavy (non-hydrogen) atoms. The summed E-state index contributed by atoms with van der Waals surface area (Å²) in [6.45, 7) is 2.20. The zero-order valence-corrected chi connectivity index (χ0v) is 15.9. The summed E-state index contributed by atoms with van der Waals surface area (Å²) >= 11 is 5.92. The van der Waals surface area contributed by atoms with Gasteiger partial charge in [0.15, 0.2) is 0 Å². The lowest BCUT2D eigenvalue weighted by molar-refractivity contribution is -0.149. The van der Waals surface area contributed by atoms with Gasteiger partial charge in [-0.15, -0.1) is 0 Å². The van der Waals surface area contributed by atoms with Gasteiger partial charge >= 0.3 is 6.18 Å². The van der Waals surface area contributed by atoms with E-state index in [9.17, 15) is 18.0 Å². The fourth-order valence-corrected chi connectivity index (χ4v) is 4.01. The Kier molecular flexibility index (Phi) is 6.52. The van der Waals surface area contributed by atoms with Crippen LogP contribution in [0.1, 0.15) is 19.3 Å². The first-order valence-electron chi connectivity index (χ1n) is 9.37. The van der Waals surface area contributed by atoms with Crippen molar-refractivity contribution in [2.45, 2.75) is 25.4 Å². The van der Waals surface area contributed by atoms with Crippen LogP contribution >= 0.6 is 11.6 Å². The van der Waals surface area contributed by atoms with E-state index >= 15 is 0 Å². The molecule has 1 N–H and O–H groups in total. The van der Waals surface area contributed by atoms with Crippen molar-refractivity contribution in [3.63, 3.8) is 0 Å². The molecule has 1 amide bonds. The number of likely N-dealkylation sites (tertiary alicyclic amines) is 1. The van der Waals surface area contributed by atoms with Gasteiger partial charge in [0.05, 0.1) is 6.54 Å². The third-order valence-corrected chi connectivity index (χ3v) is 5.66. The van der Waals surface area contributed by atoms with Crippen molar-refractivity contribution >= 4 is 23.2 Å². The van der Waals surface area contributed by atoms with Gasteiger partial charge in [0, 0.05) is 36.3 Å². The first-order valence-corrected chi connectivity index (χ1v) is 9.75. The first kappa shape index (κ1) is 20.3. The van der Waals surface area contributed by atoms with Crippen LogP contribution in [0.4, 0.5) is 18.9 Å². The number of halogens is 4.